The third-order valence-corrected chi connectivity index (χ3v) is 5.22. The van der Waals surface area contributed by atoms with Gasteiger partial charge in [0.1, 0.15) is 0 Å². The zero-order valence-corrected chi connectivity index (χ0v) is 15.6. The van der Waals surface area contributed by atoms with E-state index >= 15 is 0 Å². The van der Waals surface area contributed by atoms with E-state index < -0.39 is 0 Å². The zero-order chi connectivity index (χ0) is 18.0. The van der Waals surface area contributed by atoms with Crippen molar-refractivity contribution in [3.8, 4) is 11.5 Å². The van der Waals surface area contributed by atoms with Crippen molar-refractivity contribution in [2.45, 2.75) is 32.9 Å². The molecule has 4 nitrogen and oxygen atoms in total. The molecule has 3 aromatic rings. The van der Waals surface area contributed by atoms with Gasteiger partial charge in [-0.2, -0.15) is 0 Å². The van der Waals surface area contributed by atoms with Crippen LogP contribution in [0.2, 0.25) is 0 Å². The summed E-state index contributed by atoms with van der Waals surface area (Å²) in [5.41, 5.74) is 6.05. The predicted octanol–water partition coefficient (Wildman–Crippen LogP) is 4.95. The number of thioether (sulfide) groups is 1. The topological polar surface area (TPSA) is 56.0 Å². The van der Waals surface area contributed by atoms with Crippen molar-refractivity contribution in [2.75, 3.05) is 5.75 Å². The molecule has 0 radical (unpaired) electrons. The summed E-state index contributed by atoms with van der Waals surface area (Å²) in [6, 6.07) is 11.7. The lowest BCUT2D eigenvalue weighted by Crippen LogP contribution is -2.10. The van der Waals surface area contributed by atoms with Gasteiger partial charge in [0.2, 0.25) is 5.89 Å². The van der Waals surface area contributed by atoms with Crippen LogP contribution >= 0.6 is 11.8 Å². The molecule has 0 fully saturated rings. The normalized spacial score (nSPS) is 10.9. The van der Waals surface area contributed by atoms with Crippen molar-refractivity contribution in [2.24, 2.45) is 0 Å². The number of ketones is 1. The van der Waals surface area contributed by atoms with E-state index in [1.165, 1.54) is 11.8 Å². The molecule has 0 N–H and O–H groups in total. The molecule has 0 unspecified atom stereocenters. The minimum Gasteiger partial charge on any atom is -0.411 e. The van der Waals surface area contributed by atoms with Crippen LogP contribution in [0.3, 0.4) is 0 Å². The second-order valence-corrected chi connectivity index (χ2v) is 7.01. The Labute approximate surface area is 151 Å². The van der Waals surface area contributed by atoms with Crippen molar-refractivity contribution in [3.63, 3.8) is 0 Å². The van der Waals surface area contributed by atoms with Crippen LogP contribution in [0.15, 0.2) is 46.0 Å². The Bertz CT molecular complexity index is 891. The first-order valence-electron chi connectivity index (χ1n) is 8.09. The van der Waals surface area contributed by atoms with Crippen molar-refractivity contribution < 1.29 is 9.21 Å². The van der Waals surface area contributed by atoms with E-state index in [1.807, 2.05) is 58.0 Å². The van der Waals surface area contributed by atoms with Gasteiger partial charge in [0.15, 0.2) is 5.78 Å². The van der Waals surface area contributed by atoms with E-state index in [1.54, 1.807) is 0 Å². The summed E-state index contributed by atoms with van der Waals surface area (Å²) in [5, 5.41) is 8.49. The molecule has 0 atom stereocenters. The third kappa shape index (κ3) is 3.66. The quantitative estimate of drug-likeness (QED) is 0.480. The Morgan fingerprint density at radius 3 is 2.28 bits per heavy atom. The van der Waals surface area contributed by atoms with Crippen LogP contribution in [0.5, 0.6) is 0 Å². The van der Waals surface area contributed by atoms with Crippen molar-refractivity contribution >= 4 is 17.5 Å². The van der Waals surface area contributed by atoms with Gasteiger partial charge >= 0.3 is 0 Å². The average Bonchev–Trinajstić information content (AvgIpc) is 3.08. The molecule has 0 spiro atoms. The van der Waals surface area contributed by atoms with Crippen molar-refractivity contribution in [1.29, 1.82) is 0 Å². The van der Waals surface area contributed by atoms with Crippen LogP contribution in [-0.2, 0) is 0 Å². The molecule has 0 aliphatic carbocycles. The molecule has 1 heterocycles. The summed E-state index contributed by atoms with van der Waals surface area (Å²) in [7, 11) is 0. The van der Waals surface area contributed by atoms with Gasteiger partial charge in [-0.05, 0) is 62.1 Å². The summed E-state index contributed by atoms with van der Waals surface area (Å²) in [6.07, 6.45) is 0. The molecule has 0 saturated heterocycles. The molecule has 1 aromatic heterocycles. The molecule has 0 amide bonds. The highest BCUT2D eigenvalue weighted by Gasteiger charge is 2.17. The Hall–Kier alpha value is -2.40. The Morgan fingerprint density at radius 2 is 1.64 bits per heavy atom. The summed E-state index contributed by atoms with van der Waals surface area (Å²) in [5.74, 6) is 0.835. The summed E-state index contributed by atoms with van der Waals surface area (Å²) in [4.78, 5) is 12.7. The maximum Gasteiger partial charge on any atom is 0.277 e. The minimum atomic E-state index is 0.0891. The number of hydrogen-bond donors (Lipinski definition) is 0. The first kappa shape index (κ1) is 17.4. The highest BCUT2D eigenvalue weighted by molar-refractivity contribution is 7.99. The number of Topliss-reactive ketones (excluding diaryl/α,β-unsaturated/α-hetero) is 1. The minimum absolute atomic E-state index is 0.0891. The lowest BCUT2D eigenvalue weighted by Gasteiger charge is -2.13. The molecular weight excluding hydrogens is 332 g/mol. The van der Waals surface area contributed by atoms with Crippen LogP contribution < -0.4 is 0 Å². The van der Waals surface area contributed by atoms with E-state index in [-0.39, 0.29) is 11.5 Å². The fourth-order valence-electron chi connectivity index (χ4n) is 2.80. The molecule has 0 aliphatic heterocycles. The SMILES string of the molecule is Cc1cc(C)c(C)c(C(=O)CSc2nnc(-c3ccccc3)o2)c1C. The number of aromatic nitrogens is 2. The van der Waals surface area contributed by atoms with Gasteiger partial charge in [-0.1, -0.05) is 36.0 Å². The van der Waals surface area contributed by atoms with Crippen LogP contribution in [-0.4, -0.2) is 21.7 Å². The summed E-state index contributed by atoms with van der Waals surface area (Å²) >= 11 is 1.28. The lowest BCUT2D eigenvalue weighted by atomic mass is 9.92. The summed E-state index contributed by atoms with van der Waals surface area (Å²) < 4.78 is 5.65. The van der Waals surface area contributed by atoms with Gasteiger partial charge in [-0.15, -0.1) is 10.2 Å². The van der Waals surface area contributed by atoms with E-state index in [0.29, 0.717) is 11.1 Å². The number of hydrogen-bond acceptors (Lipinski definition) is 5. The standard InChI is InChI=1S/C20H20N2O2S/c1-12-10-13(2)15(4)18(14(12)3)17(23)11-25-20-22-21-19(24-20)16-8-6-5-7-9-16/h5-10H,11H2,1-4H3. The van der Waals surface area contributed by atoms with Crippen molar-refractivity contribution in [3.05, 3.63) is 64.2 Å². The van der Waals surface area contributed by atoms with Gasteiger partial charge < -0.3 is 4.42 Å². The Morgan fingerprint density at radius 1 is 1.00 bits per heavy atom. The molecule has 0 saturated carbocycles. The van der Waals surface area contributed by atoms with Crippen LogP contribution in [0.4, 0.5) is 0 Å². The molecule has 3 rings (SSSR count). The molecule has 0 aliphatic rings. The van der Waals surface area contributed by atoms with Gasteiger partial charge in [0.05, 0.1) is 5.75 Å². The third-order valence-electron chi connectivity index (χ3n) is 4.40. The Balaban J connectivity index is 1.75. The van der Waals surface area contributed by atoms with Gasteiger partial charge in [0, 0.05) is 11.1 Å². The molecule has 2 aromatic carbocycles. The van der Waals surface area contributed by atoms with E-state index in [4.69, 9.17) is 4.42 Å². The van der Waals surface area contributed by atoms with Crippen LogP contribution in [0, 0.1) is 27.7 Å². The fraction of sp³-hybridized carbons (Fsp3) is 0.250. The largest absolute Gasteiger partial charge is 0.411 e. The molecule has 0 bridgehead atoms. The van der Waals surface area contributed by atoms with Gasteiger partial charge in [-0.3, -0.25) is 4.79 Å². The number of aryl methyl sites for hydroxylation is 2. The van der Waals surface area contributed by atoms with Crippen LogP contribution in [0.25, 0.3) is 11.5 Å². The van der Waals surface area contributed by atoms with Crippen molar-refractivity contribution in [1.82, 2.24) is 10.2 Å². The maximum absolute atomic E-state index is 12.7. The number of nitrogens with zero attached hydrogens (tertiary/aromatic N) is 2. The number of benzene rings is 2. The predicted molar refractivity (Wildman–Crippen MR) is 100 cm³/mol. The first-order valence-corrected chi connectivity index (χ1v) is 9.08. The van der Waals surface area contributed by atoms with Gasteiger partial charge in [0.25, 0.3) is 5.22 Å². The zero-order valence-electron chi connectivity index (χ0n) is 14.8. The molecule has 5 heteroatoms. The first-order chi connectivity index (χ1) is 12.0. The Kier molecular flexibility index (Phi) is 5.04. The molecule has 128 valence electrons. The second-order valence-electron chi connectivity index (χ2n) is 6.09. The molecule has 25 heavy (non-hydrogen) atoms. The maximum atomic E-state index is 12.7. The smallest absolute Gasteiger partial charge is 0.277 e. The lowest BCUT2D eigenvalue weighted by molar-refractivity contribution is 0.102. The highest BCUT2D eigenvalue weighted by Crippen LogP contribution is 2.26. The average molecular weight is 352 g/mol. The number of rotatable bonds is 5. The molecular formula is C20H20N2O2S. The van der Waals surface area contributed by atoms with E-state index in [0.717, 1.165) is 33.4 Å². The monoisotopic (exact) mass is 352 g/mol. The highest BCUT2D eigenvalue weighted by atomic mass is 32.2. The number of carbonyl (C=O) groups excluding carboxylic acids is 1. The number of carbonyl (C=O) groups is 1. The second kappa shape index (κ2) is 7.23. The van der Waals surface area contributed by atoms with E-state index in [2.05, 4.69) is 16.3 Å². The van der Waals surface area contributed by atoms with Crippen LogP contribution in [0.1, 0.15) is 32.6 Å². The van der Waals surface area contributed by atoms with E-state index in [9.17, 15) is 4.79 Å². The van der Waals surface area contributed by atoms with Gasteiger partial charge in [-0.25, -0.2) is 0 Å². The fourth-order valence-corrected chi connectivity index (χ4v) is 3.44. The summed E-state index contributed by atoms with van der Waals surface area (Å²) in [6.45, 7) is 8.07.